The van der Waals surface area contributed by atoms with E-state index in [9.17, 15) is 48.3 Å². The van der Waals surface area contributed by atoms with E-state index in [0.717, 1.165) is 12.2 Å². The minimum Gasteiger partial charge on any atom is -0.480 e. The average Bonchev–Trinajstić information content (AvgIpc) is 3.15. The molecule has 18 heteroatoms. The Morgan fingerprint density at radius 1 is 0.632 bits per heavy atom. The summed E-state index contributed by atoms with van der Waals surface area (Å²) in [6.07, 6.45) is 1.86. The maximum absolute atomic E-state index is 13.7. The zero-order chi connectivity index (χ0) is 42.7. The van der Waals surface area contributed by atoms with Gasteiger partial charge < -0.3 is 48.1 Å². The smallest absolute Gasteiger partial charge is 0.326 e. The summed E-state index contributed by atoms with van der Waals surface area (Å²) in [6.45, 7) is 7.31. The number of carboxylic acids is 1. The molecule has 0 aromatic heterocycles. The summed E-state index contributed by atoms with van der Waals surface area (Å²) in [5.74, 6) is -7.74. The highest BCUT2D eigenvalue weighted by Crippen LogP contribution is 2.15. The standard InChI is InChI=1S/C39H52N8O10/c1-22(2)18-27(37(54)46-33(23(3)4)35(40)52)45-38(55)34(26-14-10-7-11-15-26)47-36(53)24(5)43-30(49)17-16-29(48)41-20-31(50)42-21-32(51)44-28(39(56)57)19-25-12-8-6-9-13-25/h6-17,22-24,27-28,33-34H,18-21H2,1-5H3,(H2,40,52)(H,41,48)(H,42,50)(H,43,49)(H,44,51)(H,45,55)(H,46,54)(H,47,53)(H,56,57)/b17-16+/t24-,27-,28-,33-,34-/m0/s1. The molecule has 0 fully saturated rings. The lowest BCUT2D eigenvalue weighted by atomic mass is 9.99. The fraction of sp³-hybridized carbons (Fsp3) is 0.410. The van der Waals surface area contributed by atoms with E-state index in [4.69, 9.17) is 5.73 Å². The topological polar surface area (TPSA) is 284 Å². The van der Waals surface area contributed by atoms with Gasteiger partial charge in [-0.2, -0.15) is 0 Å². The van der Waals surface area contributed by atoms with Crippen LogP contribution in [0.1, 0.15) is 58.2 Å². The van der Waals surface area contributed by atoms with E-state index in [1.807, 2.05) is 13.8 Å². The highest BCUT2D eigenvalue weighted by molar-refractivity contribution is 6.00. The van der Waals surface area contributed by atoms with Gasteiger partial charge in [-0.1, -0.05) is 88.4 Å². The number of primary amides is 1. The number of hydrogen-bond acceptors (Lipinski definition) is 9. The third-order valence-electron chi connectivity index (χ3n) is 8.22. The maximum Gasteiger partial charge on any atom is 0.326 e. The van der Waals surface area contributed by atoms with Gasteiger partial charge in [0.2, 0.25) is 47.3 Å². The van der Waals surface area contributed by atoms with Gasteiger partial charge in [0, 0.05) is 18.6 Å². The van der Waals surface area contributed by atoms with Crippen molar-refractivity contribution in [2.45, 2.75) is 77.7 Å². The van der Waals surface area contributed by atoms with Crippen molar-refractivity contribution in [2.75, 3.05) is 13.1 Å². The molecule has 0 aliphatic rings. The van der Waals surface area contributed by atoms with Gasteiger partial charge in [-0.25, -0.2) is 4.79 Å². The highest BCUT2D eigenvalue weighted by atomic mass is 16.4. The SMILES string of the molecule is CC(C)C[C@H](NC(=O)[C@@H](NC(=O)[C@H](C)NC(=O)/C=C/C(=O)NCC(=O)NCC(=O)N[C@@H](Cc1ccccc1)C(=O)O)c1ccccc1)C(=O)N[C@H](C(N)=O)C(C)C. The van der Waals surface area contributed by atoms with Crippen LogP contribution in [-0.2, 0) is 49.6 Å². The van der Waals surface area contributed by atoms with E-state index in [-0.39, 0.29) is 24.7 Å². The van der Waals surface area contributed by atoms with Crippen LogP contribution in [0.4, 0.5) is 0 Å². The number of hydrogen-bond donors (Lipinski definition) is 9. The number of nitrogens with one attached hydrogen (secondary N) is 7. The van der Waals surface area contributed by atoms with Gasteiger partial charge in [-0.05, 0) is 36.3 Å². The Hall–Kier alpha value is -6.59. The van der Waals surface area contributed by atoms with Crippen LogP contribution in [0, 0.1) is 11.8 Å². The van der Waals surface area contributed by atoms with E-state index >= 15 is 0 Å². The molecule has 0 unspecified atom stereocenters. The Kier molecular flexibility index (Phi) is 19.1. The van der Waals surface area contributed by atoms with Gasteiger partial charge in [0.25, 0.3) is 0 Å². The summed E-state index contributed by atoms with van der Waals surface area (Å²) >= 11 is 0. The quantitative estimate of drug-likeness (QED) is 0.0663. The zero-order valence-corrected chi connectivity index (χ0v) is 32.5. The monoisotopic (exact) mass is 792 g/mol. The Morgan fingerprint density at radius 3 is 1.77 bits per heavy atom. The molecule has 0 spiro atoms. The number of carboxylic acid groups (broad SMARTS) is 1. The van der Waals surface area contributed by atoms with Gasteiger partial charge in [0.1, 0.15) is 30.2 Å². The second kappa shape index (κ2) is 23.4. The Balaban J connectivity index is 1.94. The molecule has 0 aliphatic heterocycles. The fourth-order valence-electron chi connectivity index (χ4n) is 5.23. The number of amides is 8. The molecule has 0 heterocycles. The van der Waals surface area contributed by atoms with E-state index < -0.39 is 96.5 Å². The Bertz CT molecular complexity index is 1770. The molecule has 5 atom stereocenters. The van der Waals surface area contributed by atoms with Crippen LogP contribution >= 0.6 is 0 Å². The summed E-state index contributed by atoms with van der Waals surface area (Å²) in [6, 6.07) is 11.0. The van der Waals surface area contributed by atoms with Gasteiger partial charge in [0.15, 0.2) is 0 Å². The number of benzene rings is 2. The van der Waals surface area contributed by atoms with Crippen molar-refractivity contribution < 1.29 is 48.3 Å². The average molecular weight is 793 g/mol. The molecular weight excluding hydrogens is 740 g/mol. The highest BCUT2D eigenvalue weighted by Gasteiger charge is 2.32. The van der Waals surface area contributed by atoms with E-state index in [0.29, 0.717) is 11.1 Å². The lowest BCUT2D eigenvalue weighted by molar-refractivity contribution is -0.141. The third kappa shape index (κ3) is 17.2. The van der Waals surface area contributed by atoms with Crippen LogP contribution in [-0.4, -0.2) is 95.6 Å². The molecule has 8 amide bonds. The normalized spacial score (nSPS) is 13.6. The third-order valence-corrected chi connectivity index (χ3v) is 8.22. The van der Waals surface area contributed by atoms with Crippen LogP contribution in [0.5, 0.6) is 0 Å². The molecule has 2 rings (SSSR count). The predicted octanol–water partition coefficient (Wildman–Crippen LogP) is -0.894. The van der Waals surface area contributed by atoms with E-state index in [2.05, 4.69) is 37.2 Å². The predicted molar refractivity (Wildman–Crippen MR) is 207 cm³/mol. The van der Waals surface area contributed by atoms with E-state index in [1.54, 1.807) is 74.5 Å². The first-order valence-electron chi connectivity index (χ1n) is 18.2. The molecule has 308 valence electrons. The number of carbonyl (C=O) groups is 9. The van der Waals surface area contributed by atoms with Crippen molar-refractivity contribution in [2.24, 2.45) is 17.6 Å². The molecule has 0 saturated heterocycles. The molecule has 10 N–H and O–H groups in total. The van der Waals surface area contributed by atoms with Crippen molar-refractivity contribution in [3.63, 3.8) is 0 Å². The molecular formula is C39H52N8O10. The minimum atomic E-state index is -1.30. The number of aliphatic carboxylic acids is 1. The first kappa shape index (κ1) is 46.6. The molecule has 2 aromatic carbocycles. The van der Waals surface area contributed by atoms with Crippen molar-refractivity contribution in [1.82, 2.24) is 37.2 Å². The lowest BCUT2D eigenvalue weighted by Crippen LogP contribution is -2.56. The number of nitrogens with two attached hydrogens (primary N) is 1. The van der Waals surface area contributed by atoms with Crippen LogP contribution in [0.2, 0.25) is 0 Å². The molecule has 57 heavy (non-hydrogen) atoms. The molecule has 2 aromatic rings. The second-order valence-corrected chi connectivity index (χ2v) is 13.9. The summed E-state index contributed by atoms with van der Waals surface area (Å²) < 4.78 is 0. The molecule has 0 radical (unpaired) electrons. The van der Waals surface area contributed by atoms with E-state index in [1.165, 1.54) is 6.92 Å². The number of rotatable bonds is 22. The summed E-state index contributed by atoms with van der Waals surface area (Å²) in [4.78, 5) is 113. The summed E-state index contributed by atoms with van der Waals surface area (Å²) in [7, 11) is 0. The van der Waals surface area contributed by atoms with Crippen molar-refractivity contribution in [1.29, 1.82) is 0 Å². The molecule has 0 aliphatic carbocycles. The van der Waals surface area contributed by atoms with Gasteiger partial charge >= 0.3 is 5.97 Å². The molecule has 18 nitrogen and oxygen atoms in total. The van der Waals surface area contributed by atoms with Gasteiger partial charge in [0.05, 0.1) is 13.1 Å². The lowest BCUT2D eigenvalue weighted by Gasteiger charge is -2.27. The van der Waals surface area contributed by atoms with Crippen molar-refractivity contribution in [3.05, 3.63) is 83.9 Å². The Labute approximate surface area is 330 Å². The summed E-state index contributed by atoms with van der Waals surface area (Å²) in [5.41, 5.74) is 6.52. The largest absolute Gasteiger partial charge is 0.480 e. The zero-order valence-electron chi connectivity index (χ0n) is 32.5. The molecule has 0 saturated carbocycles. The maximum atomic E-state index is 13.7. The molecule has 0 bridgehead atoms. The first-order chi connectivity index (χ1) is 26.9. The van der Waals surface area contributed by atoms with Crippen molar-refractivity contribution >= 4 is 53.2 Å². The summed E-state index contributed by atoms with van der Waals surface area (Å²) in [5, 5.41) is 26.5. The van der Waals surface area contributed by atoms with Gasteiger partial charge in [-0.3, -0.25) is 38.4 Å². The second-order valence-electron chi connectivity index (χ2n) is 13.9. The van der Waals surface area contributed by atoms with Crippen LogP contribution < -0.4 is 43.0 Å². The van der Waals surface area contributed by atoms with Crippen LogP contribution in [0.15, 0.2) is 72.8 Å². The first-order valence-corrected chi connectivity index (χ1v) is 18.2. The Morgan fingerprint density at radius 2 is 1.21 bits per heavy atom. The van der Waals surface area contributed by atoms with Gasteiger partial charge in [-0.15, -0.1) is 0 Å². The minimum absolute atomic E-state index is 0.0295. The fourth-order valence-corrected chi connectivity index (χ4v) is 5.23. The number of carbonyl (C=O) groups excluding carboxylic acids is 8. The van der Waals surface area contributed by atoms with Crippen LogP contribution in [0.3, 0.4) is 0 Å². The van der Waals surface area contributed by atoms with Crippen LogP contribution in [0.25, 0.3) is 0 Å². The van der Waals surface area contributed by atoms with Crippen molar-refractivity contribution in [3.8, 4) is 0 Å².